The molecule has 2 heterocycles. The molecule has 1 aliphatic heterocycles. The summed E-state index contributed by atoms with van der Waals surface area (Å²) in [6, 6.07) is 8.69. The maximum atomic E-state index is 11.8. The first-order chi connectivity index (χ1) is 10.7. The monoisotopic (exact) mass is 301 g/mol. The van der Waals surface area contributed by atoms with Crippen LogP contribution in [0, 0.1) is 5.92 Å². The van der Waals surface area contributed by atoms with Gasteiger partial charge < -0.3 is 19.9 Å². The Morgan fingerprint density at radius 2 is 2.27 bits per heavy atom. The van der Waals surface area contributed by atoms with Gasteiger partial charge in [-0.1, -0.05) is 6.07 Å². The van der Waals surface area contributed by atoms with E-state index in [1.165, 1.54) is 16.5 Å². The van der Waals surface area contributed by atoms with Crippen LogP contribution in [0.3, 0.4) is 0 Å². The average molecular weight is 301 g/mol. The minimum atomic E-state index is 0.00834. The first kappa shape index (κ1) is 15.1. The van der Waals surface area contributed by atoms with E-state index < -0.39 is 0 Å². The number of nitrogens with two attached hydrogens (primary N) is 1. The van der Waals surface area contributed by atoms with Gasteiger partial charge in [0.15, 0.2) is 0 Å². The summed E-state index contributed by atoms with van der Waals surface area (Å²) in [5.74, 6) is 0.327. The van der Waals surface area contributed by atoms with Crippen LogP contribution < -0.4 is 5.73 Å². The summed E-state index contributed by atoms with van der Waals surface area (Å²) in [6.07, 6.45) is 2.99. The second kappa shape index (κ2) is 6.50. The van der Waals surface area contributed by atoms with Gasteiger partial charge in [-0.05, 0) is 35.6 Å². The summed E-state index contributed by atoms with van der Waals surface area (Å²) in [6.45, 7) is 2.73. The summed E-state index contributed by atoms with van der Waals surface area (Å²) >= 11 is 0. The van der Waals surface area contributed by atoms with Crippen LogP contribution >= 0.6 is 0 Å². The van der Waals surface area contributed by atoms with Gasteiger partial charge in [-0.15, -0.1) is 0 Å². The number of fused-ring (bicyclic) bond motifs is 1. The van der Waals surface area contributed by atoms with Crippen molar-refractivity contribution in [3.05, 3.63) is 36.0 Å². The molecule has 0 spiro atoms. The topological polar surface area (TPSA) is 60.5 Å². The molecule has 1 amide bonds. The summed E-state index contributed by atoms with van der Waals surface area (Å²) in [4.78, 5) is 13.7. The van der Waals surface area contributed by atoms with E-state index in [0.29, 0.717) is 25.7 Å². The number of hydrogen-bond acceptors (Lipinski definition) is 3. The zero-order chi connectivity index (χ0) is 15.5. The minimum absolute atomic E-state index is 0.00834. The van der Waals surface area contributed by atoms with E-state index in [2.05, 4.69) is 42.1 Å². The van der Waals surface area contributed by atoms with Gasteiger partial charge in [-0.2, -0.15) is 0 Å². The maximum absolute atomic E-state index is 11.8. The summed E-state index contributed by atoms with van der Waals surface area (Å²) in [5.41, 5.74) is 8.01. The van der Waals surface area contributed by atoms with Crippen LogP contribution in [0.15, 0.2) is 30.5 Å². The fourth-order valence-corrected chi connectivity index (χ4v) is 3.15. The van der Waals surface area contributed by atoms with Crippen molar-refractivity contribution >= 4 is 16.8 Å². The number of benzene rings is 1. The lowest BCUT2D eigenvalue weighted by Crippen LogP contribution is -2.40. The maximum Gasteiger partial charge on any atom is 0.236 e. The molecule has 1 unspecified atom stereocenters. The lowest BCUT2D eigenvalue weighted by atomic mass is 9.98. The highest BCUT2D eigenvalue weighted by Crippen LogP contribution is 2.20. The molecular weight excluding hydrogens is 278 g/mol. The number of ether oxygens (including phenoxy) is 1. The van der Waals surface area contributed by atoms with E-state index in [-0.39, 0.29) is 12.5 Å². The number of carbonyl (C=O) groups is 1. The molecule has 1 aliphatic rings. The number of aromatic nitrogens is 1. The minimum Gasteiger partial charge on any atom is -0.379 e. The lowest BCUT2D eigenvalue weighted by molar-refractivity contribution is -0.130. The summed E-state index contributed by atoms with van der Waals surface area (Å²) in [7, 11) is 2.05. The van der Waals surface area contributed by atoms with Crippen molar-refractivity contribution in [3.63, 3.8) is 0 Å². The van der Waals surface area contributed by atoms with Crippen LogP contribution in [0.25, 0.3) is 10.9 Å². The molecule has 1 saturated heterocycles. The molecule has 0 radical (unpaired) electrons. The Morgan fingerprint density at radius 3 is 3.09 bits per heavy atom. The lowest BCUT2D eigenvalue weighted by Gasteiger charge is -2.23. The van der Waals surface area contributed by atoms with E-state index in [1.54, 1.807) is 0 Å². The second-order valence-electron chi connectivity index (χ2n) is 6.01. The fraction of sp³-hybridized carbons (Fsp3) is 0.471. The number of rotatable bonds is 3. The largest absolute Gasteiger partial charge is 0.379 e. The van der Waals surface area contributed by atoms with Crippen molar-refractivity contribution in [1.29, 1.82) is 0 Å². The smallest absolute Gasteiger partial charge is 0.236 e. The van der Waals surface area contributed by atoms with Crippen LogP contribution in [-0.2, 0) is 23.0 Å². The van der Waals surface area contributed by atoms with Gasteiger partial charge in [-0.25, -0.2) is 0 Å². The van der Waals surface area contributed by atoms with E-state index in [1.807, 2.05) is 4.90 Å². The highest BCUT2D eigenvalue weighted by atomic mass is 16.5. The quantitative estimate of drug-likeness (QED) is 0.925. The highest BCUT2D eigenvalue weighted by molar-refractivity contribution is 5.80. The van der Waals surface area contributed by atoms with E-state index in [9.17, 15) is 4.79 Å². The Bertz CT molecular complexity index is 665. The van der Waals surface area contributed by atoms with Crippen LogP contribution in [0.2, 0.25) is 0 Å². The van der Waals surface area contributed by atoms with Gasteiger partial charge in [0, 0.05) is 37.8 Å². The number of carbonyl (C=O) groups excluding carboxylic acids is 1. The van der Waals surface area contributed by atoms with Gasteiger partial charge in [0.1, 0.15) is 0 Å². The predicted molar refractivity (Wildman–Crippen MR) is 86.6 cm³/mol. The average Bonchev–Trinajstić information content (AvgIpc) is 2.74. The van der Waals surface area contributed by atoms with Crippen LogP contribution in [0.5, 0.6) is 0 Å². The SMILES string of the molecule is Cn1ccc2cc(CC3COCCN(C(=O)CN)C3)ccc21. The van der Waals surface area contributed by atoms with Gasteiger partial charge in [0.05, 0.1) is 19.8 Å². The van der Waals surface area contributed by atoms with Gasteiger partial charge in [-0.3, -0.25) is 4.79 Å². The predicted octanol–water partition coefficient (Wildman–Crippen LogP) is 1.15. The number of nitrogens with zero attached hydrogens (tertiary/aromatic N) is 2. The Morgan fingerprint density at radius 1 is 1.41 bits per heavy atom. The third-order valence-electron chi connectivity index (χ3n) is 4.34. The van der Waals surface area contributed by atoms with Crippen molar-refractivity contribution < 1.29 is 9.53 Å². The molecule has 0 bridgehead atoms. The van der Waals surface area contributed by atoms with Crippen LogP contribution in [0.4, 0.5) is 0 Å². The molecule has 2 aromatic rings. The highest BCUT2D eigenvalue weighted by Gasteiger charge is 2.22. The van der Waals surface area contributed by atoms with Crippen molar-refractivity contribution in [3.8, 4) is 0 Å². The normalized spacial score (nSPS) is 19.4. The number of hydrogen-bond donors (Lipinski definition) is 1. The Kier molecular flexibility index (Phi) is 4.45. The first-order valence-corrected chi connectivity index (χ1v) is 7.77. The first-order valence-electron chi connectivity index (χ1n) is 7.77. The van der Waals surface area contributed by atoms with E-state index >= 15 is 0 Å². The summed E-state index contributed by atoms with van der Waals surface area (Å²) in [5, 5.41) is 1.25. The molecular formula is C17H23N3O2. The van der Waals surface area contributed by atoms with Gasteiger partial charge in [0.25, 0.3) is 0 Å². The Balaban J connectivity index is 1.73. The molecule has 1 aromatic heterocycles. The molecule has 1 atom stereocenters. The second-order valence-corrected chi connectivity index (χ2v) is 6.01. The van der Waals surface area contributed by atoms with Crippen LogP contribution in [-0.4, -0.2) is 48.2 Å². The number of amides is 1. The van der Waals surface area contributed by atoms with Gasteiger partial charge >= 0.3 is 0 Å². The van der Waals surface area contributed by atoms with Crippen molar-refractivity contribution in [2.45, 2.75) is 6.42 Å². The van der Waals surface area contributed by atoms with Gasteiger partial charge in [0.2, 0.25) is 5.91 Å². The molecule has 1 fully saturated rings. The molecule has 5 heteroatoms. The van der Waals surface area contributed by atoms with Crippen molar-refractivity contribution in [2.75, 3.05) is 32.8 Å². The Hall–Kier alpha value is -1.85. The van der Waals surface area contributed by atoms with Crippen molar-refractivity contribution in [1.82, 2.24) is 9.47 Å². The zero-order valence-corrected chi connectivity index (χ0v) is 13.0. The molecule has 22 heavy (non-hydrogen) atoms. The third-order valence-corrected chi connectivity index (χ3v) is 4.34. The van der Waals surface area contributed by atoms with E-state index in [4.69, 9.17) is 10.5 Å². The molecule has 3 rings (SSSR count). The Labute approximate surface area is 130 Å². The third kappa shape index (κ3) is 3.15. The number of aryl methyl sites for hydroxylation is 1. The molecule has 5 nitrogen and oxygen atoms in total. The van der Waals surface area contributed by atoms with E-state index in [0.717, 1.165) is 13.0 Å². The van der Waals surface area contributed by atoms with Crippen LogP contribution in [0.1, 0.15) is 5.56 Å². The molecule has 1 aromatic carbocycles. The molecule has 118 valence electrons. The zero-order valence-electron chi connectivity index (χ0n) is 13.0. The standard InChI is InChI=1S/C17H23N3O2/c1-19-5-4-15-9-13(2-3-16(15)19)8-14-11-20(17(21)10-18)6-7-22-12-14/h2-5,9,14H,6-8,10-12,18H2,1H3. The van der Waals surface area contributed by atoms with Crippen molar-refractivity contribution in [2.24, 2.45) is 18.7 Å². The fourth-order valence-electron chi connectivity index (χ4n) is 3.15. The molecule has 0 saturated carbocycles. The molecule has 0 aliphatic carbocycles. The summed E-state index contributed by atoms with van der Waals surface area (Å²) < 4.78 is 7.78. The molecule has 2 N–H and O–H groups in total.